The van der Waals surface area contributed by atoms with Crippen molar-refractivity contribution in [2.45, 2.75) is 0 Å². The summed E-state index contributed by atoms with van der Waals surface area (Å²) in [7, 11) is 0. The van der Waals surface area contributed by atoms with Gasteiger partial charge in [0, 0.05) is 33.1 Å². The van der Waals surface area contributed by atoms with Gasteiger partial charge in [0.2, 0.25) is 0 Å². The predicted molar refractivity (Wildman–Crippen MR) is 263 cm³/mol. The maximum absolute atomic E-state index is 6.46. The van der Waals surface area contributed by atoms with E-state index in [1.165, 1.54) is 38.9 Å². The van der Waals surface area contributed by atoms with E-state index < -0.39 is 0 Å². The minimum absolute atomic E-state index is 0.850. The molecule has 0 bridgehead atoms. The van der Waals surface area contributed by atoms with Crippen molar-refractivity contribution < 1.29 is 8.83 Å². The maximum Gasteiger partial charge on any atom is 0.143 e. The van der Waals surface area contributed by atoms with E-state index in [-0.39, 0.29) is 0 Å². The first-order chi connectivity index (χ1) is 31.3. The first-order valence-electron chi connectivity index (χ1n) is 21.4. The number of benzene rings is 10. The fraction of sp³-hybridized carbons (Fsp3) is 0. The van der Waals surface area contributed by atoms with E-state index >= 15 is 0 Å². The van der Waals surface area contributed by atoms with E-state index in [4.69, 9.17) is 8.83 Å². The molecule has 296 valence electrons. The molecule has 0 atom stereocenters. The SMILES string of the molecule is c1ccc(-c2ccccc2-c2c(-c3ccccc3)cccc2-c2ccc(N(c3ccc(-c4cccc5c4oc4ccccc45)cc3)c3cccc4oc5ccccc5c34)cc2)cc1. The largest absolute Gasteiger partial charge is 0.456 e. The predicted octanol–water partition coefficient (Wildman–Crippen LogP) is 17.3. The molecule has 0 unspecified atom stereocenters. The van der Waals surface area contributed by atoms with Gasteiger partial charge in [0.1, 0.15) is 22.3 Å². The Hall–Kier alpha value is -8.40. The summed E-state index contributed by atoms with van der Waals surface area (Å²) in [6, 6.07) is 84.1. The molecule has 0 saturated carbocycles. The van der Waals surface area contributed by atoms with Crippen LogP contribution in [0, 0.1) is 0 Å². The zero-order chi connectivity index (χ0) is 41.7. The van der Waals surface area contributed by atoms with Gasteiger partial charge in [0.25, 0.3) is 0 Å². The van der Waals surface area contributed by atoms with Gasteiger partial charge in [0.15, 0.2) is 0 Å². The van der Waals surface area contributed by atoms with Crippen molar-refractivity contribution >= 4 is 60.9 Å². The van der Waals surface area contributed by atoms with E-state index in [0.717, 1.165) is 77.6 Å². The molecule has 3 nitrogen and oxygen atoms in total. The van der Waals surface area contributed by atoms with Crippen LogP contribution in [0.3, 0.4) is 0 Å². The third-order valence-electron chi connectivity index (χ3n) is 12.3. The average molecular weight is 806 g/mol. The molecule has 63 heavy (non-hydrogen) atoms. The fourth-order valence-corrected chi connectivity index (χ4v) is 9.44. The van der Waals surface area contributed by atoms with E-state index in [1.54, 1.807) is 0 Å². The summed E-state index contributed by atoms with van der Waals surface area (Å²) in [6.07, 6.45) is 0. The summed E-state index contributed by atoms with van der Waals surface area (Å²) in [6.45, 7) is 0. The normalized spacial score (nSPS) is 11.5. The number of anilines is 3. The number of hydrogen-bond acceptors (Lipinski definition) is 3. The zero-order valence-corrected chi connectivity index (χ0v) is 34.3. The van der Waals surface area contributed by atoms with E-state index in [0.29, 0.717) is 0 Å². The average Bonchev–Trinajstić information content (AvgIpc) is 3.94. The van der Waals surface area contributed by atoms with Crippen molar-refractivity contribution in [2.75, 3.05) is 4.90 Å². The van der Waals surface area contributed by atoms with Gasteiger partial charge >= 0.3 is 0 Å². The molecule has 2 aromatic heterocycles. The highest BCUT2D eigenvalue weighted by atomic mass is 16.3. The highest BCUT2D eigenvalue weighted by molar-refractivity contribution is 6.14. The number of rotatable bonds is 8. The van der Waals surface area contributed by atoms with Gasteiger partial charge in [-0.3, -0.25) is 0 Å². The lowest BCUT2D eigenvalue weighted by atomic mass is 9.84. The van der Waals surface area contributed by atoms with Crippen LogP contribution in [0.5, 0.6) is 0 Å². The van der Waals surface area contributed by atoms with Crippen molar-refractivity contribution in [3.8, 4) is 55.6 Å². The highest BCUT2D eigenvalue weighted by Gasteiger charge is 2.22. The molecule has 3 heteroatoms. The van der Waals surface area contributed by atoms with Crippen LogP contribution in [0.2, 0.25) is 0 Å². The zero-order valence-electron chi connectivity index (χ0n) is 34.3. The smallest absolute Gasteiger partial charge is 0.143 e. The third-order valence-corrected chi connectivity index (χ3v) is 12.3. The van der Waals surface area contributed by atoms with Gasteiger partial charge in [-0.15, -0.1) is 0 Å². The van der Waals surface area contributed by atoms with Crippen LogP contribution in [0.15, 0.2) is 245 Å². The number of para-hydroxylation sites is 3. The van der Waals surface area contributed by atoms with E-state index in [1.807, 2.05) is 24.3 Å². The second kappa shape index (κ2) is 15.3. The van der Waals surface area contributed by atoms with Gasteiger partial charge in [-0.25, -0.2) is 0 Å². The standard InChI is InChI=1S/C60H39NO2/c1-3-16-40(17-4-1)46-20-7-8-22-51(46)58-47(41-18-5-2-6-19-41)24-13-25-48(58)42-32-36-44(37-33-42)61(54-28-15-31-57-59(54)53-23-10-12-30-56(53)62-57)45-38-34-43(35-39-45)49-26-14-27-52-50-21-9-11-29-55(50)63-60(49)52/h1-39H. The Bertz CT molecular complexity index is 3600. The molecule has 0 fully saturated rings. The van der Waals surface area contributed by atoms with Crippen LogP contribution in [-0.4, -0.2) is 0 Å². The molecule has 10 aromatic carbocycles. The molecule has 0 aliphatic heterocycles. The van der Waals surface area contributed by atoms with Crippen LogP contribution >= 0.6 is 0 Å². The Balaban J connectivity index is 1.02. The van der Waals surface area contributed by atoms with Crippen LogP contribution in [0.25, 0.3) is 99.5 Å². The second-order valence-electron chi connectivity index (χ2n) is 16.0. The van der Waals surface area contributed by atoms with Gasteiger partial charge in [0.05, 0.1) is 11.1 Å². The van der Waals surface area contributed by atoms with E-state index in [2.05, 4.69) is 217 Å². The Morgan fingerprint density at radius 1 is 0.270 bits per heavy atom. The van der Waals surface area contributed by atoms with Crippen LogP contribution in [0.1, 0.15) is 0 Å². The lowest BCUT2D eigenvalue weighted by Crippen LogP contribution is -2.10. The maximum atomic E-state index is 6.46. The molecule has 0 radical (unpaired) electrons. The Labute approximate surface area is 365 Å². The number of nitrogens with zero attached hydrogens (tertiary/aromatic N) is 1. The second-order valence-corrected chi connectivity index (χ2v) is 16.0. The molecule has 0 spiro atoms. The number of hydrogen-bond donors (Lipinski definition) is 0. The summed E-state index contributed by atoms with van der Waals surface area (Å²) in [5.41, 5.74) is 18.2. The Kier molecular flexibility index (Phi) is 8.83. The van der Waals surface area contributed by atoms with E-state index in [9.17, 15) is 0 Å². The first-order valence-corrected chi connectivity index (χ1v) is 21.4. The van der Waals surface area contributed by atoms with Gasteiger partial charge in [-0.05, 0) is 98.6 Å². The molecular weight excluding hydrogens is 767 g/mol. The lowest BCUT2D eigenvalue weighted by molar-refractivity contribution is 0.669. The monoisotopic (exact) mass is 805 g/mol. The van der Waals surface area contributed by atoms with Crippen LogP contribution in [0.4, 0.5) is 17.1 Å². The molecule has 2 heterocycles. The summed E-state index contributed by atoms with van der Waals surface area (Å²) in [4.78, 5) is 2.35. The third kappa shape index (κ3) is 6.29. The number of furan rings is 2. The quantitative estimate of drug-likeness (QED) is 0.153. The molecular formula is C60H39NO2. The summed E-state index contributed by atoms with van der Waals surface area (Å²) < 4.78 is 12.9. The minimum Gasteiger partial charge on any atom is -0.456 e. The summed E-state index contributed by atoms with van der Waals surface area (Å²) in [5, 5.41) is 4.40. The van der Waals surface area contributed by atoms with Crippen LogP contribution < -0.4 is 4.90 Å². The minimum atomic E-state index is 0.850. The van der Waals surface area contributed by atoms with Crippen LogP contribution in [-0.2, 0) is 0 Å². The summed E-state index contributed by atoms with van der Waals surface area (Å²) >= 11 is 0. The van der Waals surface area contributed by atoms with Crippen molar-refractivity contribution in [1.82, 2.24) is 0 Å². The summed E-state index contributed by atoms with van der Waals surface area (Å²) in [5.74, 6) is 0. The topological polar surface area (TPSA) is 29.5 Å². The molecule has 0 amide bonds. The lowest BCUT2D eigenvalue weighted by Gasteiger charge is -2.27. The van der Waals surface area contributed by atoms with Crippen molar-refractivity contribution in [2.24, 2.45) is 0 Å². The molecule has 0 saturated heterocycles. The molecule has 0 aliphatic carbocycles. The Morgan fingerprint density at radius 2 is 0.714 bits per heavy atom. The van der Waals surface area contributed by atoms with Gasteiger partial charge in [-0.1, -0.05) is 188 Å². The molecule has 0 N–H and O–H groups in total. The Morgan fingerprint density at radius 3 is 1.40 bits per heavy atom. The molecule has 12 aromatic rings. The van der Waals surface area contributed by atoms with Gasteiger partial charge < -0.3 is 13.7 Å². The molecule has 0 aliphatic rings. The van der Waals surface area contributed by atoms with Crippen molar-refractivity contribution in [3.63, 3.8) is 0 Å². The molecule has 12 rings (SSSR count). The highest BCUT2D eigenvalue weighted by Crippen LogP contribution is 2.47. The van der Waals surface area contributed by atoms with Crippen molar-refractivity contribution in [3.05, 3.63) is 237 Å². The first kappa shape index (κ1) is 36.5. The number of fused-ring (bicyclic) bond motifs is 6. The van der Waals surface area contributed by atoms with Gasteiger partial charge in [-0.2, -0.15) is 0 Å². The van der Waals surface area contributed by atoms with Crippen molar-refractivity contribution in [1.29, 1.82) is 0 Å². The fourth-order valence-electron chi connectivity index (χ4n) is 9.44.